The quantitative estimate of drug-likeness (QED) is 0.897. The first-order valence-electron chi connectivity index (χ1n) is 4.99. The number of pyridine rings is 1. The highest BCUT2D eigenvalue weighted by atomic mass is 79.9. The molecule has 0 saturated heterocycles. The van der Waals surface area contributed by atoms with Crippen molar-refractivity contribution in [2.45, 2.75) is 6.54 Å². The molecule has 94 valence electrons. The van der Waals surface area contributed by atoms with Crippen LogP contribution in [-0.2, 0) is 6.54 Å². The summed E-state index contributed by atoms with van der Waals surface area (Å²) in [4.78, 5) is 16.8. The van der Waals surface area contributed by atoms with Gasteiger partial charge in [-0.3, -0.25) is 4.79 Å². The van der Waals surface area contributed by atoms with Crippen LogP contribution in [0.5, 0.6) is 0 Å². The topological polar surface area (TPSA) is 68.0 Å². The third-order valence-electron chi connectivity index (χ3n) is 2.22. The molecule has 18 heavy (non-hydrogen) atoms. The number of aromatic nitrogens is 1. The third kappa shape index (κ3) is 3.01. The van der Waals surface area contributed by atoms with Crippen molar-refractivity contribution in [1.82, 2.24) is 10.3 Å². The second-order valence-corrected chi connectivity index (χ2v) is 5.73. The minimum atomic E-state index is -0.269. The summed E-state index contributed by atoms with van der Waals surface area (Å²) >= 11 is 10.9. The average molecular weight is 347 g/mol. The largest absolute Gasteiger partial charge is 0.384 e. The summed E-state index contributed by atoms with van der Waals surface area (Å²) in [5.41, 5.74) is 5.86. The molecule has 0 unspecified atom stereocenters. The van der Waals surface area contributed by atoms with Gasteiger partial charge in [0.15, 0.2) is 0 Å². The number of nitrogens with one attached hydrogen (secondary N) is 1. The van der Waals surface area contributed by atoms with Crippen molar-refractivity contribution >= 4 is 50.6 Å². The van der Waals surface area contributed by atoms with E-state index in [-0.39, 0.29) is 16.7 Å². The van der Waals surface area contributed by atoms with Crippen molar-refractivity contribution < 1.29 is 4.79 Å². The zero-order valence-electron chi connectivity index (χ0n) is 9.11. The maximum Gasteiger partial charge on any atom is 0.253 e. The summed E-state index contributed by atoms with van der Waals surface area (Å²) in [6.07, 6.45) is 1.37. The normalized spacial score (nSPS) is 10.3. The molecule has 0 spiro atoms. The summed E-state index contributed by atoms with van der Waals surface area (Å²) in [6.45, 7) is 0.440. The molecule has 7 heteroatoms. The van der Waals surface area contributed by atoms with Gasteiger partial charge in [0.05, 0.1) is 17.1 Å². The van der Waals surface area contributed by atoms with Gasteiger partial charge in [-0.05, 0) is 33.4 Å². The number of hydrogen-bond donors (Lipinski definition) is 2. The van der Waals surface area contributed by atoms with Gasteiger partial charge >= 0.3 is 0 Å². The molecular weight excluding hydrogens is 338 g/mol. The molecule has 0 radical (unpaired) electrons. The second kappa shape index (κ2) is 5.69. The SMILES string of the molecule is Nc1cc(C(=O)NCc2sccc2Br)c(Cl)cn1. The lowest BCUT2D eigenvalue weighted by Crippen LogP contribution is -2.23. The number of hydrogen-bond acceptors (Lipinski definition) is 4. The number of thiophene rings is 1. The van der Waals surface area contributed by atoms with E-state index in [0.29, 0.717) is 12.1 Å². The molecule has 3 N–H and O–H groups in total. The fourth-order valence-electron chi connectivity index (χ4n) is 1.34. The van der Waals surface area contributed by atoms with Crippen LogP contribution in [0.25, 0.3) is 0 Å². The van der Waals surface area contributed by atoms with Gasteiger partial charge in [0, 0.05) is 15.5 Å². The Morgan fingerprint density at radius 1 is 1.61 bits per heavy atom. The summed E-state index contributed by atoms with van der Waals surface area (Å²) in [7, 11) is 0. The van der Waals surface area contributed by atoms with E-state index in [1.165, 1.54) is 12.3 Å². The number of amides is 1. The molecule has 2 aromatic rings. The highest BCUT2D eigenvalue weighted by Crippen LogP contribution is 2.22. The molecule has 2 aromatic heterocycles. The molecule has 0 saturated carbocycles. The molecule has 1 amide bonds. The van der Waals surface area contributed by atoms with Crippen LogP contribution in [0, 0.1) is 0 Å². The summed E-state index contributed by atoms with van der Waals surface area (Å²) in [5, 5.41) is 5.02. The number of rotatable bonds is 3. The first-order chi connectivity index (χ1) is 8.58. The highest BCUT2D eigenvalue weighted by molar-refractivity contribution is 9.10. The van der Waals surface area contributed by atoms with Gasteiger partial charge in [-0.15, -0.1) is 11.3 Å². The van der Waals surface area contributed by atoms with Gasteiger partial charge in [-0.25, -0.2) is 4.98 Å². The Hall–Kier alpha value is -1.11. The molecule has 4 nitrogen and oxygen atoms in total. The van der Waals surface area contributed by atoms with E-state index >= 15 is 0 Å². The third-order valence-corrected chi connectivity index (χ3v) is 4.45. The lowest BCUT2D eigenvalue weighted by atomic mass is 10.2. The second-order valence-electron chi connectivity index (χ2n) is 3.46. The minimum Gasteiger partial charge on any atom is -0.384 e. The minimum absolute atomic E-state index is 0.266. The van der Waals surface area contributed by atoms with Gasteiger partial charge in [-0.1, -0.05) is 11.6 Å². The molecule has 0 aromatic carbocycles. The Balaban J connectivity index is 2.08. The Morgan fingerprint density at radius 2 is 2.39 bits per heavy atom. The molecule has 2 heterocycles. The summed E-state index contributed by atoms with van der Waals surface area (Å²) < 4.78 is 0.980. The number of anilines is 1. The van der Waals surface area contributed by atoms with Crippen LogP contribution < -0.4 is 11.1 Å². The van der Waals surface area contributed by atoms with Gasteiger partial charge in [0.1, 0.15) is 5.82 Å². The van der Waals surface area contributed by atoms with Crippen molar-refractivity contribution in [3.05, 3.63) is 43.6 Å². The molecule has 0 fully saturated rings. The Labute approximate surface area is 121 Å². The number of carbonyl (C=O) groups is 1. The van der Waals surface area contributed by atoms with Crippen LogP contribution in [0.2, 0.25) is 5.02 Å². The molecule has 0 aliphatic carbocycles. The van der Waals surface area contributed by atoms with Crippen molar-refractivity contribution in [3.63, 3.8) is 0 Å². The zero-order chi connectivity index (χ0) is 13.1. The van der Waals surface area contributed by atoms with Gasteiger partial charge < -0.3 is 11.1 Å². The number of halogens is 2. The van der Waals surface area contributed by atoms with Crippen molar-refractivity contribution in [1.29, 1.82) is 0 Å². The van der Waals surface area contributed by atoms with Crippen LogP contribution in [-0.4, -0.2) is 10.9 Å². The van der Waals surface area contributed by atoms with Gasteiger partial charge in [0.2, 0.25) is 0 Å². The van der Waals surface area contributed by atoms with E-state index in [2.05, 4.69) is 26.2 Å². The fourth-order valence-corrected chi connectivity index (χ4v) is 2.96. The monoisotopic (exact) mass is 345 g/mol. The number of carbonyl (C=O) groups excluding carboxylic acids is 1. The van der Waals surface area contributed by atoms with Crippen molar-refractivity contribution in [2.24, 2.45) is 0 Å². The number of nitrogens with zero attached hydrogens (tertiary/aromatic N) is 1. The predicted molar refractivity (Wildman–Crippen MR) is 76.8 cm³/mol. The van der Waals surface area contributed by atoms with E-state index in [1.54, 1.807) is 11.3 Å². The average Bonchev–Trinajstić information content (AvgIpc) is 2.75. The Kier molecular flexibility index (Phi) is 4.21. The molecule has 0 aliphatic rings. The summed E-state index contributed by atoms with van der Waals surface area (Å²) in [6, 6.07) is 3.39. The van der Waals surface area contributed by atoms with Gasteiger partial charge in [0.25, 0.3) is 5.91 Å². The van der Waals surface area contributed by atoms with Crippen LogP contribution in [0.15, 0.2) is 28.2 Å². The summed E-state index contributed by atoms with van der Waals surface area (Å²) in [5.74, 6) is -0.00347. The van der Waals surface area contributed by atoms with Crippen molar-refractivity contribution in [3.8, 4) is 0 Å². The Bertz CT molecular complexity index is 587. The Morgan fingerprint density at radius 3 is 3.06 bits per heavy atom. The molecule has 2 rings (SSSR count). The fraction of sp³-hybridized carbons (Fsp3) is 0.0909. The number of nitrogens with two attached hydrogens (primary N) is 1. The van der Waals surface area contributed by atoms with E-state index in [4.69, 9.17) is 17.3 Å². The van der Waals surface area contributed by atoms with Gasteiger partial charge in [-0.2, -0.15) is 0 Å². The first-order valence-corrected chi connectivity index (χ1v) is 7.04. The lowest BCUT2D eigenvalue weighted by Gasteiger charge is -2.06. The standard InChI is InChI=1S/C11H9BrClN3OS/c12-7-1-2-18-9(7)5-16-11(17)6-3-10(14)15-4-8(6)13/h1-4H,5H2,(H2,14,15)(H,16,17). The molecular formula is C11H9BrClN3OS. The molecule has 0 atom stereocenters. The molecule has 0 aliphatic heterocycles. The highest BCUT2D eigenvalue weighted by Gasteiger charge is 2.12. The van der Waals surface area contributed by atoms with Crippen molar-refractivity contribution in [2.75, 3.05) is 5.73 Å². The maximum atomic E-state index is 11.9. The van der Waals surface area contributed by atoms with Crippen LogP contribution >= 0.6 is 38.9 Å². The van der Waals surface area contributed by atoms with Crippen LogP contribution in [0.4, 0.5) is 5.82 Å². The maximum absolute atomic E-state index is 11.9. The smallest absolute Gasteiger partial charge is 0.253 e. The van der Waals surface area contributed by atoms with E-state index in [0.717, 1.165) is 9.35 Å². The number of nitrogen functional groups attached to an aromatic ring is 1. The van der Waals surface area contributed by atoms with E-state index in [1.807, 2.05) is 11.4 Å². The van der Waals surface area contributed by atoms with Crippen LogP contribution in [0.1, 0.15) is 15.2 Å². The lowest BCUT2D eigenvalue weighted by molar-refractivity contribution is 0.0951. The first kappa shape index (κ1) is 13.3. The van der Waals surface area contributed by atoms with Crippen LogP contribution in [0.3, 0.4) is 0 Å². The van der Waals surface area contributed by atoms with E-state index in [9.17, 15) is 4.79 Å². The molecule has 0 bridgehead atoms. The predicted octanol–water partition coefficient (Wildman–Crippen LogP) is 3.07. The van der Waals surface area contributed by atoms with E-state index < -0.39 is 0 Å². The zero-order valence-corrected chi connectivity index (χ0v) is 12.3.